The van der Waals surface area contributed by atoms with E-state index in [1.54, 1.807) is 0 Å². The number of hydrogen-bond acceptors (Lipinski definition) is 2. The summed E-state index contributed by atoms with van der Waals surface area (Å²) in [4.78, 5) is 0. The molecule has 2 N–H and O–H groups in total. The molecule has 0 amide bonds. The van der Waals surface area contributed by atoms with Gasteiger partial charge >= 0.3 is 0 Å². The van der Waals surface area contributed by atoms with E-state index in [2.05, 4.69) is 10.6 Å². The number of nitrogens with one attached hydrogen (secondary N) is 2. The van der Waals surface area contributed by atoms with E-state index in [0.29, 0.717) is 0 Å². The summed E-state index contributed by atoms with van der Waals surface area (Å²) in [5, 5.41) is 7.09. The van der Waals surface area contributed by atoms with Crippen LogP contribution < -0.4 is 10.6 Å². The molecular weight excluding hydrogens is 184 g/mol. The van der Waals surface area contributed by atoms with Crippen LogP contribution in [0.1, 0.15) is 44.9 Å². The molecule has 1 saturated heterocycles. The highest BCUT2D eigenvalue weighted by atomic mass is 14.9. The van der Waals surface area contributed by atoms with Gasteiger partial charge in [-0.1, -0.05) is 19.3 Å². The first-order valence-corrected chi connectivity index (χ1v) is 6.86. The molecule has 1 atom stereocenters. The van der Waals surface area contributed by atoms with Crippen molar-refractivity contribution in [3.8, 4) is 0 Å². The summed E-state index contributed by atoms with van der Waals surface area (Å²) in [5.41, 5.74) is 0. The molecule has 2 heteroatoms. The average molecular weight is 210 g/mol. The summed E-state index contributed by atoms with van der Waals surface area (Å²) in [6.07, 6.45) is 10.1. The van der Waals surface area contributed by atoms with Gasteiger partial charge in [-0.3, -0.25) is 0 Å². The lowest BCUT2D eigenvalue weighted by Gasteiger charge is -2.26. The fraction of sp³-hybridized carbons (Fsp3) is 1.00. The minimum absolute atomic E-state index is 0.940. The number of rotatable bonds is 6. The zero-order valence-corrected chi connectivity index (χ0v) is 9.93. The van der Waals surface area contributed by atoms with Crippen LogP contribution in [0, 0.1) is 11.8 Å². The van der Waals surface area contributed by atoms with E-state index in [0.717, 1.165) is 11.8 Å². The van der Waals surface area contributed by atoms with Crippen molar-refractivity contribution in [2.45, 2.75) is 44.9 Å². The molecule has 2 nitrogen and oxygen atoms in total. The van der Waals surface area contributed by atoms with E-state index < -0.39 is 0 Å². The Kier molecular flexibility index (Phi) is 4.94. The van der Waals surface area contributed by atoms with Crippen LogP contribution in [-0.2, 0) is 0 Å². The van der Waals surface area contributed by atoms with Crippen molar-refractivity contribution < 1.29 is 0 Å². The molecule has 0 aromatic carbocycles. The van der Waals surface area contributed by atoms with Gasteiger partial charge in [0.1, 0.15) is 0 Å². The second kappa shape index (κ2) is 6.49. The standard InChI is InChI=1S/C13H26N2/c1-3-12(4-1)6-9-14-10-7-13-5-2-8-15-11-13/h12-15H,1-11H2. The molecule has 15 heavy (non-hydrogen) atoms. The van der Waals surface area contributed by atoms with Gasteiger partial charge in [0, 0.05) is 0 Å². The third-order valence-corrected chi connectivity index (χ3v) is 4.08. The van der Waals surface area contributed by atoms with Gasteiger partial charge in [-0.05, 0) is 63.7 Å². The van der Waals surface area contributed by atoms with Crippen molar-refractivity contribution in [2.75, 3.05) is 26.2 Å². The minimum atomic E-state index is 0.940. The van der Waals surface area contributed by atoms with Crippen molar-refractivity contribution in [1.82, 2.24) is 10.6 Å². The predicted molar refractivity (Wildman–Crippen MR) is 65.0 cm³/mol. The van der Waals surface area contributed by atoms with Gasteiger partial charge in [-0.2, -0.15) is 0 Å². The van der Waals surface area contributed by atoms with Crippen molar-refractivity contribution in [2.24, 2.45) is 11.8 Å². The van der Waals surface area contributed by atoms with E-state index in [9.17, 15) is 0 Å². The monoisotopic (exact) mass is 210 g/mol. The molecule has 0 spiro atoms. The van der Waals surface area contributed by atoms with Crippen LogP contribution in [0.15, 0.2) is 0 Å². The molecule has 1 aliphatic heterocycles. The van der Waals surface area contributed by atoms with Crippen LogP contribution in [0.25, 0.3) is 0 Å². The number of piperidine rings is 1. The average Bonchev–Trinajstić information content (AvgIpc) is 2.22. The highest BCUT2D eigenvalue weighted by molar-refractivity contribution is 4.72. The number of hydrogen-bond donors (Lipinski definition) is 2. The Balaban J connectivity index is 1.40. The predicted octanol–water partition coefficient (Wildman–Crippen LogP) is 2.16. The molecule has 2 rings (SSSR count). The highest BCUT2D eigenvalue weighted by Crippen LogP contribution is 2.28. The first-order chi connectivity index (χ1) is 7.45. The molecule has 88 valence electrons. The van der Waals surface area contributed by atoms with Crippen LogP contribution in [0.2, 0.25) is 0 Å². The van der Waals surface area contributed by atoms with Crippen LogP contribution in [0.5, 0.6) is 0 Å². The van der Waals surface area contributed by atoms with E-state index in [1.807, 2.05) is 0 Å². The first kappa shape index (κ1) is 11.4. The summed E-state index contributed by atoms with van der Waals surface area (Å²) in [7, 11) is 0. The maximum Gasteiger partial charge on any atom is -0.00200 e. The lowest BCUT2D eigenvalue weighted by Crippen LogP contribution is -2.32. The fourth-order valence-electron chi connectivity index (χ4n) is 2.69. The van der Waals surface area contributed by atoms with Gasteiger partial charge in [0.15, 0.2) is 0 Å². The molecule has 0 aromatic heterocycles. The van der Waals surface area contributed by atoms with Gasteiger partial charge in [0.25, 0.3) is 0 Å². The first-order valence-electron chi connectivity index (χ1n) is 6.86. The Morgan fingerprint density at radius 2 is 1.67 bits per heavy atom. The molecule has 1 unspecified atom stereocenters. The smallest absolute Gasteiger partial charge is 0.00200 e. The molecule has 1 heterocycles. The molecule has 0 bridgehead atoms. The Bertz CT molecular complexity index is 160. The van der Waals surface area contributed by atoms with Crippen LogP contribution in [0.4, 0.5) is 0 Å². The Morgan fingerprint density at radius 3 is 2.27 bits per heavy atom. The molecular formula is C13H26N2. The lowest BCUT2D eigenvalue weighted by atomic mass is 9.83. The summed E-state index contributed by atoms with van der Waals surface area (Å²) >= 11 is 0. The Hall–Kier alpha value is -0.0800. The van der Waals surface area contributed by atoms with Crippen molar-refractivity contribution in [1.29, 1.82) is 0 Å². The van der Waals surface area contributed by atoms with E-state index in [4.69, 9.17) is 0 Å². The normalized spacial score (nSPS) is 27.6. The molecule has 0 aromatic rings. The third-order valence-electron chi connectivity index (χ3n) is 4.08. The lowest BCUT2D eigenvalue weighted by molar-refractivity contribution is 0.288. The maximum absolute atomic E-state index is 3.60. The fourth-order valence-corrected chi connectivity index (χ4v) is 2.69. The van der Waals surface area contributed by atoms with Crippen LogP contribution >= 0.6 is 0 Å². The van der Waals surface area contributed by atoms with Gasteiger partial charge < -0.3 is 10.6 Å². The van der Waals surface area contributed by atoms with E-state index in [1.165, 1.54) is 71.1 Å². The zero-order chi connectivity index (χ0) is 10.3. The van der Waals surface area contributed by atoms with Crippen LogP contribution in [0.3, 0.4) is 0 Å². The van der Waals surface area contributed by atoms with Gasteiger partial charge in [0.2, 0.25) is 0 Å². The molecule has 1 saturated carbocycles. The molecule has 1 aliphatic carbocycles. The quantitative estimate of drug-likeness (QED) is 0.657. The highest BCUT2D eigenvalue weighted by Gasteiger charge is 2.16. The Morgan fingerprint density at radius 1 is 0.933 bits per heavy atom. The summed E-state index contributed by atoms with van der Waals surface area (Å²) in [5.74, 6) is 2.00. The van der Waals surface area contributed by atoms with Crippen molar-refractivity contribution >= 4 is 0 Å². The third kappa shape index (κ3) is 4.12. The van der Waals surface area contributed by atoms with Crippen molar-refractivity contribution in [3.63, 3.8) is 0 Å². The largest absolute Gasteiger partial charge is 0.317 e. The van der Waals surface area contributed by atoms with Gasteiger partial charge in [-0.25, -0.2) is 0 Å². The SMILES string of the molecule is C1CC(CCNCCC2CCCNC2)C1. The minimum Gasteiger partial charge on any atom is -0.317 e. The van der Waals surface area contributed by atoms with Crippen molar-refractivity contribution in [3.05, 3.63) is 0 Å². The topological polar surface area (TPSA) is 24.1 Å². The van der Waals surface area contributed by atoms with Gasteiger partial charge in [0.05, 0.1) is 0 Å². The zero-order valence-electron chi connectivity index (χ0n) is 9.93. The van der Waals surface area contributed by atoms with Gasteiger partial charge in [-0.15, -0.1) is 0 Å². The summed E-state index contributed by atoms with van der Waals surface area (Å²) < 4.78 is 0. The van der Waals surface area contributed by atoms with E-state index >= 15 is 0 Å². The maximum atomic E-state index is 3.60. The van der Waals surface area contributed by atoms with Crippen LogP contribution in [-0.4, -0.2) is 26.2 Å². The summed E-state index contributed by atoms with van der Waals surface area (Å²) in [6.45, 7) is 4.99. The van der Waals surface area contributed by atoms with E-state index in [-0.39, 0.29) is 0 Å². The molecule has 0 radical (unpaired) electrons. The second-order valence-electron chi connectivity index (χ2n) is 5.34. The summed E-state index contributed by atoms with van der Waals surface area (Å²) in [6, 6.07) is 0. The molecule has 2 aliphatic rings. The Labute approximate surface area is 94.2 Å². The molecule has 2 fully saturated rings. The second-order valence-corrected chi connectivity index (χ2v) is 5.34.